The van der Waals surface area contributed by atoms with Crippen molar-refractivity contribution in [3.8, 4) is 5.75 Å². The van der Waals surface area contributed by atoms with Gasteiger partial charge in [0.15, 0.2) is 0 Å². The van der Waals surface area contributed by atoms with Crippen LogP contribution >= 0.6 is 15.9 Å². The zero-order valence-electron chi connectivity index (χ0n) is 11.6. The highest BCUT2D eigenvalue weighted by atomic mass is 79.9. The maximum Gasteiger partial charge on any atom is 0.125 e. The lowest BCUT2D eigenvalue weighted by atomic mass is 10.0. The molecule has 0 amide bonds. The van der Waals surface area contributed by atoms with E-state index in [1.54, 1.807) is 0 Å². The van der Waals surface area contributed by atoms with Crippen molar-refractivity contribution in [3.63, 3.8) is 0 Å². The van der Waals surface area contributed by atoms with Crippen LogP contribution in [0.1, 0.15) is 38.3 Å². The standard InChI is InChI=1S/C15H22BrNO2/c1-11(2)18-9-7-17-14-4-3-8-19-15-10-12(16)5-6-13(14)15/h5-6,10-11,14,17H,3-4,7-9H2,1-2H3. The van der Waals surface area contributed by atoms with E-state index in [9.17, 15) is 0 Å². The highest BCUT2D eigenvalue weighted by Gasteiger charge is 2.19. The summed E-state index contributed by atoms with van der Waals surface area (Å²) >= 11 is 3.50. The summed E-state index contributed by atoms with van der Waals surface area (Å²) in [4.78, 5) is 0. The number of benzene rings is 1. The van der Waals surface area contributed by atoms with Crippen LogP contribution in [0.4, 0.5) is 0 Å². The Hall–Kier alpha value is -0.580. The first-order valence-corrected chi connectivity index (χ1v) is 7.73. The molecule has 0 aliphatic carbocycles. The SMILES string of the molecule is CC(C)OCCNC1CCCOc2cc(Br)ccc21. The third-order valence-corrected chi connectivity index (χ3v) is 3.68. The number of hydrogen-bond donors (Lipinski definition) is 1. The molecule has 19 heavy (non-hydrogen) atoms. The van der Waals surface area contributed by atoms with E-state index in [4.69, 9.17) is 9.47 Å². The highest BCUT2D eigenvalue weighted by Crippen LogP contribution is 2.33. The Kier molecular flexibility index (Phi) is 5.67. The lowest BCUT2D eigenvalue weighted by Crippen LogP contribution is -2.26. The van der Waals surface area contributed by atoms with Gasteiger partial charge in [-0.25, -0.2) is 0 Å². The van der Waals surface area contributed by atoms with E-state index in [2.05, 4.69) is 53.3 Å². The quantitative estimate of drug-likeness (QED) is 0.837. The summed E-state index contributed by atoms with van der Waals surface area (Å²) in [7, 11) is 0. The van der Waals surface area contributed by atoms with Gasteiger partial charge < -0.3 is 14.8 Å². The van der Waals surface area contributed by atoms with Gasteiger partial charge in [0.05, 0.1) is 19.3 Å². The van der Waals surface area contributed by atoms with E-state index < -0.39 is 0 Å². The maximum absolute atomic E-state index is 5.80. The predicted molar refractivity (Wildman–Crippen MR) is 80.7 cm³/mol. The molecule has 0 bridgehead atoms. The van der Waals surface area contributed by atoms with Crippen molar-refractivity contribution in [2.24, 2.45) is 0 Å². The van der Waals surface area contributed by atoms with Crippen molar-refractivity contribution < 1.29 is 9.47 Å². The van der Waals surface area contributed by atoms with Crippen LogP contribution in [-0.2, 0) is 4.74 Å². The van der Waals surface area contributed by atoms with Crippen LogP contribution in [0.5, 0.6) is 5.75 Å². The van der Waals surface area contributed by atoms with Gasteiger partial charge >= 0.3 is 0 Å². The molecule has 1 heterocycles. The van der Waals surface area contributed by atoms with E-state index in [0.29, 0.717) is 12.1 Å². The van der Waals surface area contributed by atoms with Crippen LogP contribution in [0, 0.1) is 0 Å². The van der Waals surface area contributed by atoms with Gasteiger partial charge in [0, 0.05) is 22.6 Å². The fourth-order valence-electron chi connectivity index (χ4n) is 2.29. The molecule has 1 aliphatic heterocycles. The molecule has 1 N–H and O–H groups in total. The van der Waals surface area contributed by atoms with Crippen LogP contribution < -0.4 is 10.1 Å². The van der Waals surface area contributed by atoms with Crippen molar-refractivity contribution in [2.75, 3.05) is 19.8 Å². The first-order valence-electron chi connectivity index (χ1n) is 6.94. The molecule has 1 aliphatic rings. The van der Waals surface area contributed by atoms with Crippen LogP contribution in [0.25, 0.3) is 0 Å². The van der Waals surface area contributed by atoms with Crippen LogP contribution in [0.15, 0.2) is 22.7 Å². The Morgan fingerprint density at radius 1 is 1.47 bits per heavy atom. The van der Waals surface area contributed by atoms with Gasteiger partial charge in [-0.1, -0.05) is 22.0 Å². The minimum absolute atomic E-state index is 0.294. The summed E-state index contributed by atoms with van der Waals surface area (Å²) < 4.78 is 12.4. The topological polar surface area (TPSA) is 30.5 Å². The summed E-state index contributed by atoms with van der Waals surface area (Å²) in [6, 6.07) is 6.64. The Morgan fingerprint density at radius 2 is 2.32 bits per heavy atom. The minimum atomic E-state index is 0.294. The fourth-order valence-corrected chi connectivity index (χ4v) is 2.63. The molecule has 0 fully saturated rings. The monoisotopic (exact) mass is 327 g/mol. The normalized spacial score (nSPS) is 18.8. The fraction of sp³-hybridized carbons (Fsp3) is 0.600. The summed E-state index contributed by atoms with van der Waals surface area (Å²) in [5.41, 5.74) is 1.25. The van der Waals surface area contributed by atoms with Crippen LogP contribution in [0.3, 0.4) is 0 Å². The van der Waals surface area contributed by atoms with Crippen molar-refractivity contribution in [1.29, 1.82) is 0 Å². The third-order valence-electron chi connectivity index (χ3n) is 3.19. The zero-order chi connectivity index (χ0) is 13.7. The second-order valence-electron chi connectivity index (χ2n) is 5.10. The third kappa shape index (κ3) is 4.48. The number of ether oxygens (including phenoxy) is 2. The van der Waals surface area contributed by atoms with Gasteiger partial charge in [0.2, 0.25) is 0 Å². The molecule has 106 valence electrons. The van der Waals surface area contributed by atoms with Gasteiger partial charge in [0.25, 0.3) is 0 Å². The van der Waals surface area contributed by atoms with Crippen molar-refractivity contribution in [3.05, 3.63) is 28.2 Å². The average molecular weight is 328 g/mol. The molecular formula is C15H22BrNO2. The molecular weight excluding hydrogens is 306 g/mol. The molecule has 1 aromatic carbocycles. The highest BCUT2D eigenvalue weighted by molar-refractivity contribution is 9.10. The lowest BCUT2D eigenvalue weighted by molar-refractivity contribution is 0.0791. The van der Waals surface area contributed by atoms with Gasteiger partial charge in [-0.15, -0.1) is 0 Å². The first kappa shape index (κ1) is 14.8. The molecule has 1 aromatic rings. The molecule has 0 aromatic heterocycles. The molecule has 0 spiro atoms. The number of nitrogens with one attached hydrogen (secondary N) is 1. The molecule has 3 nitrogen and oxygen atoms in total. The number of halogens is 1. The van der Waals surface area contributed by atoms with E-state index in [-0.39, 0.29) is 0 Å². The zero-order valence-corrected chi connectivity index (χ0v) is 13.2. The van der Waals surface area contributed by atoms with Crippen LogP contribution in [0.2, 0.25) is 0 Å². The molecule has 4 heteroatoms. The Morgan fingerprint density at radius 3 is 3.11 bits per heavy atom. The Balaban J connectivity index is 1.97. The molecule has 1 atom stereocenters. The second kappa shape index (κ2) is 7.27. The first-order chi connectivity index (χ1) is 9.16. The largest absolute Gasteiger partial charge is 0.493 e. The van der Waals surface area contributed by atoms with Gasteiger partial charge in [-0.3, -0.25) is 0 Å². The smallest absolute Gasteiger partial charge is 0.125 e. The van der Waals surface area contributed by atoms with Crippen molar-refractivity contribution in [2.45, 2.75) is 38.8 Å². The van der Waals surface area contributed by atoms with Crippen molar-refractivity contribution >= 4 is 15.9 Å². The predicted octanol–water partition coefficient (Wildman–Crippen LogP) is 3.68. The van der Waals surface area contributed by atoms with Crippen LogP contribution in [-0.4, -0.2) is 25.9 Å². The summed E-state index contributed by atoms with van der Waals surface area (Å²) in [6.07, 6.45) is 2.48. The molecule has 0 saturated carbocycles. The number of rotatable bonds is 5. The van der Waals surface area contributed by atoms with E-state index in [1.165, 1.54) is 5.56 Å². The Bertz CT molecular complexity index is 409. The minimum Gasteiger partial charge on any atom is -0.493 e. The summed E-state index contributed by atoms with van der Waals surface area (Å²) in [5, 5.41) is 3.57. The lowest BCUT2D eigenvalue weighted by Gasteiger charge is -2.19. The molecule has 0 saturated heterocycles. The number of hydrogen-bond acceptors (Lipinski definition) is 3. The van der Waals surface area contributed by atoms with E-state index in [1.807, 2.05) is 0 Å². The second-order valence-corrected chi connectivity index (χ2v) is 6.01. The maximum atomic E-state index is 5.80. The van der Waals surface area contributed by atoms with E-state index in [0.717, 1.165) is 42.8 Å². The molecule has 0 radical (unpaired) electrons. The van der Waals surface area contributed by atoms with E-state index >= 15 is 0 Å². The van der Waals surface area contributed by atoms with Crippen molar-refractivity contribution in [1.82, 2.24) is 5.32 Å². The summed E-state index contributed by atoms with van der Waals surface area (Å²) in [5.74, 6) is 0.995. The number of fused-ring (bicyclic) bond motifs is 1. The van der Waals surface area contributed by atoms with Gasteiger partial charge in [-0.05, 0) is 38.8 Å². The molecule has 1 unspecified atom stereocenters. The summed E-state index contributed by atoms with van der Waals surface area (Å²) in [6.45, 7) is 6.54. The Labute approximate surface area is 123 Å². The average Bonchev–Trinajstić information content (AvgIpc) is 2.56. The van der Waals surface area contributed by atoms with Gasteiger partial charge in [0.1, 0.15) is 5.75 Å². The van der Waals surface area contributed by atoms with Gasteiger partial charge in [-0.2, -0.15) is 0 Å². The molecule has 2 rings (SSSR count).